The van der Waals surface area contributed by atoms with E-state index in [1.165, 1.54) is 0 Å². The molecule has 1 amide bonds. The van der Waals surface area contributed by atoms with Crippen LogP contribution in [-0.4, -0.2) is 28.8 Å². The molecule has 2 N–H and O–H groups in total. The third-order valence-corrected chi connectivity index (χ3v) is 4.07. The molecule has 3 rings (SSSR count). The highest BCUT2D eigenvalue weighted by atomic mass is 16.2. The molecule has 0 radical (unpaired) electrons. The number of piperidine rings is 1. The van der Waals surface area contributed by atoms with Gasteiger partial charge in [0, 0.05) is 25.2 Å². The Morgan fingerprint density at radius 1 is 1.59 bits per heavy atom. The van der Waals surface area contributed by atoms with Crippen molar-refractivity contribution in [3.8, 4) is 0 Å². The summed E-state index contributed by atoms with van der Waals surface area (Å²) in [5.41, 5.74) is 0.296. The Kier molecular flexibility index (Phi) is 2.43. The van der Waals surface area contributed by atoms with Gasteiger partial charge in [0.15, 0.2) is 5.82 Å². The number of rotatable bonds is 2. The number of hydrogen-bond acceptors (Lipinski definition) is 3. The first-order chi connectivity index (χ1) is 8.20. The molecule has 1 saturated carbocycles. The molecular weight excluding hydrogens is 216 g/mol. The molecule has 2 fully saturated rings. The Bertz CT molecular complexity index is 433. The Morgan fingerprint density at radius 2 is 2.35 bits per heavy atom. The first-order valence-electron chi connectivity index (χ1n) is 6.21. The lowest BCUT2D eigenvalue weighted by molar-refractivity contribution is -0.118. The SMILES string of the molecule is Cn1ccc(NC(=O)C2CC23CCNCC3)n1. The smallest absolute Gasteiger partial charge is 0.229 e. The van der Waals surface area contributed by atoms with E-state index in [1.807, 2.05) is 19.3 Å². The third-order valence-electron chi connectivity index (χ3n) is 4.07. The van der Waals surface area contributed by atoms with Crippen LogP contribution in [0.2, 0.25) is 0 Å². The lowest BCUT2D eigenvalue weighted by atomic mass is 9.92. The second-order valence-electron chi connectivity index (χ2n) is 5.23. The lowest BCUT2D eigenvalue weighted by Gasteiger charge is -2.23. The number of anilines is 1. The Morgan fingerprint density at radius 3 is 3.00 bits per heavy atom. The minimum absolute atomic E-state index is 0.144. The van der Waals surface area contributed by atoms with Gasteiger partial charge in [0.25, 0.3) is 0 Å². The van der Waals surface area contributed by atoms with Crippen molar-refractivity contribution in [3.05, 3.63) is 12.3 Å². The summed E-state index contributed by atoms with van der Waals surface area (Å²) in [6.07, 6.45) is 5.15. The van der Waals surface area contributed by atoms with Gasteiger partial charge in [-0.25, -0.2) is 0 Å². The van der Waals surface area contributed by atoms with E-state index in [0.717, 1.165) is 32.4 Å². The van der Waals surface area contributed by atoms with Gasteiger partial charge < -0.3 is 10.6 Å². The maximum absolute atomic E-state index is 12.1. The fourth-order valence-electron chi connectivity index (χ4n) is 2.89. The molecule has 1 aromatic rings. The minimum atomic E-state index is 0.144. The van der Waals surface area contributed by atoms with Gasteiger partial charge >= 0.3 is 0 Å². The van der Waals surface area contributed by atoms with E-state index < -0.39 is 0 Å². The molecule has 2 aliphatic rings. The number of hydrogen-bond donors (Lipinski definition) is 2. The molecule has 17 heavy (non-hydrogen) atoms. The zero-order chi connectivity index (χ0) is 11.9. The van der Waals surface area contributed by atoms with E-state index in [9.17, 15) is 4.79 Å². The third kappa shape index (κ3) is 1.95. The van der Waals surface area contributed by atoms with Crippen LogP contribution < -0.4 is 10.6 Å². The summed E-state index contributed by atoms with van der Waals surface area (Å²) in [4.78, 5) is 12.1. The predicted molar refractivity (Wildman–Crippen MR) is 64.5 cm³/mol. The normalized spacial score (nSPS) is 25.8. The molecule has 92 valence electrons. The van der Waals surface area contributed by atoms with E-state index in [2.05, 4.69) is 15.7 Å². The van der Waals surface area contributed by atoms with E-state index in [4.69, 9.17) is 0 Å². The van der Waals surface area contributed by atoms with E-state index in [0.29, 0.717) is 11.2 Å². The molecule has 0 aromatic carbocycles. The quantitative estimate of drug-likeness (QED) is 0.794. The van der Waals surface area contributed by atoms with Crippen molar-refractivity contribution in [3.63, 3.8) is 0 Å². The van der Waals surface area contributed by atoms with Crippen molar-refractivity contribution in [2.75, 3.05) is 18.4 Å². The predicted octanol–water partition coefficient (Wildman–Crippen LogP) is 0.748. The zero-order valence-corrected chi connectivity index (χ0v) is 10.1. The molecule has 1 unspecified atom stereocenters. The van der Waals surface area contributed by atoms with Gasteiger partial charge in [-0.3, -0.25) is 9.48 Å². The summed E-state index contributed by atoms with van der Waals surface area (Å²) < 4.78 is 1.70. The second-order valence-corrected chi connectivity index (χ2v) is 5.23. The van der Waals surface area contributed by atoms with Crippen LogP contribution in [0, 0.1) is 11.3 Å². The van der Waals surface area contributed by atoms with Crippen LogP contribution in [0.15, 0.2) is 12.3 Å². The first kappa shape index (κ1) is 10.8. The summed E-state index contributed by atoms with van der Waals surface area (Å²) in [5, 5.41) is 10.4. The van der Waals surface area contributed by atoms with Crippen LogP contribution in [0.1, 0.15) is 19.3 Å². The Labute approximate surface area is 101 Å². The number of carbonyl (C=O) groups is 1. The molecule has 1 aromatic heterocycles. The molecule has 5 heteroatoms. The number of nitrogens with one attached hydrogen (secondary N) is 2. The van der Waals surface area contributed by atoms with Gasteiger partial charge in [-0.2, -0.15) is 5.10 Å². The van der Waals surface area contributed by atoms with Crippen LogP contribution in [0.5, 0.6) is 0 Å². The highest BCUT2D eigenvalue weighted by Crippen LogP contribution is 2.58. The topological polar surface area (TPSA) is 59.0 Å². The molecule has 1 saturated heterocycles. The molecule has 5 nitrogen and oxygen atoms in total. The average molecular weight is 234 g/mol. The van der Waals surface area contributed by atoms with Gasteiger partial charge in [0.1, 0.15) is 0 Å². The highest BCUT2D eigenvalue weighted by Gasteiger charge is 2.57. The van der Waals surface area contributed by atoms with Crippen molar-refractivity contribution in [1.29, 1.82) is 0 Å². The molecule has 2 heterocycles. The fourth-order valence-corrected chi connectivity index (χ4v) is 2.89. The first-order valence-corrected chi connectivity index (χ1v) is 6.21. The average Bonchev–Trinajstić information content (AvgIpc) is 2.85. The molecule has 0 bridgehead atoms. The number of amides is 1. The van der Waals surface area contributed by atoms with Crippen molar-refractivity contribution in [2.45, 2.75) is 19.3 Å². The van der Waals surface area contributed by atoms with Crippen LogP contribution >= 0.6 is 0 Å². The monoisotopic (exact) mass is 234 g/mol. The van der Waals surface area contributed by atoms with E-state index in [-0.39, 0.29) is 11.8 Å². The van der Waals surface area contributed by atoms with E-state index >= 15 is 0 Å². The van der Waals surface area contributed by atoms with E-state index in [1.54, 1.807) is 4.68 Å². The fraction of sp³-hybridized carbons (Fsp3) is 0.667. The number of aryl methyl sites for hydroxylation is 1. The highest BCUT2D eigenvalue weighted by molar-refractivity contribution is 5.94. The molecule has 1 aliphatic carbocycles. The summed E-state index contributed by atoms with van der Waals surface area (Å²) in [5.74, 6) is 1.01. The zero-order valence-electron chi connectivity index (χ0n) is 10.1. The Balaban J connectivity index is 1.61. The molecule has 1 aliphatic heterocycles. The summed E-state index contributed by atoms with van der Waals surface area (Å²) in [6, 6.07) is 1.83. The number of aromatic nitrogens is 2. The molecular formula is C12H18N4O. The maximum atomic E-state index is 12.1. The lowest BCUT2D eigenvalue weighted by Crippen LogP contribution is -2.31. The van der Waals surface area contributed by atoms with Gasteiger partial charge in [0.05, 0.1) is 0 Å². The van der Waals surface area contributed by atoms with Crippen molar-refractivity contribution in [1.82, 2.24) is 15.1 Å². The van der Waals surface area contributed by atoms with Gasteiger partial charge in [-0.15, -0.1) is 0 Å². The largest absolute Gasteiger partial charge is 0.317 e. The van der Waals surface area contributed by atoms with Crippen molar-refractivity contribution in [2.24, 2.45) is 18.4 Å². The second kappa shape index (κ2) is 3.84. The van der Waals surface area contributed by atoms with Gasteiger partial charge in [0.2, 0.25) is 5.91 Å². The summed E-state index contributed by atoms with van der Waals surface area (Å²) >= 11 is 0. The van der Waals surface area contributed by atoms with Crippen LogP contribution in [-0.2, 0) is 11.8 Å². The summed E-state index contributed by atoms with van der Waals surface area (Å²) in [7, 11) is 1.85. The van der Waals surface area contributed by atoms with Crippen LogP contribution in [0.25, 0.3) is 0 Å². The molecule has 1 spiro atoms. The van der Waals surface area contributed by atoms with Crippen LogP contribution in [0.3, 0.4) is 0 Å². The number of nitrogens with zero attached hydrogens (tertiary/aromatic N) is 2. The minimum Gasteiger partial charge on any atom is -0.317 e. The maximum Gasteiger partial charge on any atom is 0.229 e. The van der Waals surface area contributed by atoms with Gasteiger partial charge in [-0.1, -0.05) is 0 Å². The van der Waals surface area contributed by atoms with Gasteiger partial charge in [-0.05, 0) is 37.8 Å². The van der Waals surface area contributed by atoms with Crippen LogP contribution in [0.4, 0.5) is 5.82 Å². The summed E-state index contributed by atoms with van der Waals surface area (Å²) in [6.45, 7) is 2.10. The van der Waals surface area contributed by atoms with Crippen molar-refractivity contribution >= 4 is 11.7 Å². The van der Waals surface area contributed by atoms with Crippen molar-refractivity contribution < 1.29 is 4.79 Å². The molecule has 1 atom stereocenters. The number of carbonyl (C=O) groups excluding carboxylic acids is 1. The Hall–Kier alpha value is -1.36. The standard InChI is InChI=1S/C12H18N4O/c1-16-7-2-10(15-16)14-11(17)9-8-12(9)3-5-13-6-4-12/h2,7,9,13H,3-6,8H2,1H3,(H,14,15,17).